The van der Waals surface area contributed by atoms with Crippen molar-refractivity contribution in [2.75, 3.05) is 13.7 Å². The fourth-order valence-electron chi connectivity index (χ4n) is 7.04. The van der Waals surface area contributed by atoms with E-state index in [1.807, 2.05) is 12.1 Å². The number of carbonyl (C=O) groups is 2. The van der Waals surface area contributed by atoms with E-state index in [2.05, 4.69) is 6.07 Å². The number of esters is 2. The molecule has 0 amide bonds. The molecular weight excluding hydrogens is 474 g/mol. The van der Waals surface area contributed by atoms with Crippen molar-refractivity contribution in [2.24, 2.45) is 11.7 Å². The molecular formula is C29H31NO7. The second-order valence-electron chi connectivity index (χ2n) is 10.4. The second-order valence-corrected chi connectivity index (χ2v) is 10.4. The third-order valence-corrected chi connectivity index (χ3v) is 8.60. The third kappa shape index (κ3) is 3.42. The van der Waals surface area contributed by atoms with E-state index in [9.17, 15) is 14.7 Å². The van der Waals surface area contributed by atoms with Gasteiger partial charge in [-0.25, -0.2) is 4.79 Å². The molecule has 3 N–H and O–H groups in total. The summed E-state index contributed by atoms with van der Waals surface area (Å²) in [5.41, 5.74) is 6.38. The molecule has 2 aromatic rings. The van der Waals surface area contributed by atoms with Crippen LogP contribution in [0, 0.1) is 5.92 Å². The molecule has 1 spiro atoms. The molecule has 0 aromatic heterocycles. The van der Waals surface area contributed by atoms with Crippen LogP contribution in [-0.2, 0) is 30.9 Å². The molecule has 1 fully saturated rings. The first-order chi connectivity index (χ1) is 17.9. The summed E-state index contributed by atoms with van der Waals surface area (Å²) in [5, 5.41) is 12.2. The molecule has 1 saturated carbocycles. The highest BCUT2D eigenvalue weighted by molar-refractivity contribution is 5.82. The van der Waals surface area contributed by atoms with Gasteiger partial charge in [0.05, 0.1) is 24.5 Å². The minimum atomic E-state index is -1.25. The Kier molecular flexibility index (Phi) is 5.76. The minimum Gasteiger partial charge on any atom is -0.493 e. The molecule has 37 heavy (non-hydrogen) atoms. The monoisotopic (exact) mass is 505 g/mol. The molecule has 4 aliphatic rings. The van der Waals surface area contributed by atoms with Crippen LogP contribution >= 0.6 is 0 Å². The van der Waals surface area contributed by atoms with Crippen LogP contribution in [0.1, 0.15) is 54.9 Å². The first kappa shape index (κ1) is 24.0. The smallest absolute Gasteiger partial charge is 0.357 e. The Labute approximate surface area is 215 Å². The van der Waals surface area contributed by atoms with Gasteiger partial charge in [0, 0.05) is 17.7 Å². The largest absolute Gasteiger partial charge is 0.493 e. The third-order valence-electron chi connectivity index (χ3n) is 8.60. The van der Waals surface area contributed by atoms with Crippen LogP contribution in [0.3, 0.4) is 0 Å². The Morgan fingerprint density at radius 1 is 1.22 bits per heavy atom. The summed E-state index contributed by atoms with van der Waals surface area (Å²) in [4.78, 5) is 25.8. The molecule has 1 aliphatic heterocycles. The van der Waals surface area contributed by atoms with Gasteiger partial charge < -0.3 is 29.8 Å². The zero-order valence-corrected chi connectivity index (χ0v) is 20.8. The maximum absolute atomic E-state index is 13.5. The Morgan fingerprint density at radius 2 is 2.03 bits per heavy atom. The van der Waals surface area contributed by atoms with Crippen LogP contribution in [0.2, 0.25) is 0 Å². The van der Waals surface area contributed by atoms with Gasteiger partial charge in [0.2, 0.25) is 6.10 Å². The van der Waals surface area contributed by atoms with E-state index >= 15 is 0 Å². The first-order valence-electron chi connectivity index (χ1n) is 12.9. The van der Waals surface area contributed by atoms with Gasteiger partial charge in [-0.1, -0.05) is 42.8 Å². The molecule has 2 aromatic carbocycles. The van der Waals surface area contributed by atoms with Gasteiger partial charge in [0.15, 0.2) is 17.6 Å². The molecule has 8 nitrogen and oxygen atoms in total. The number of aliphatic hydroxyl groups is 1. The van der Waals surface area contributed by atoms with E-state index in [4.69, 9.17) is 24.7 Å². The van der Waals surface area contributed by atoms with Crippen LogP contribution in [0.4, 0.5) is 0 Å². The lowest BCUT2D eigenvalue weighted by molar-refractivity contribution is -0.172. The number of nitrogens with two attached hydrogens (primary N) is 1. The van der Waals surface area contributed by atoms with Crippen molar-refractivity contribution in [2.45, 2.75) is 61.7 Å². The highest BCUT2D eigenvalue weighted by atomic mass is 16.6. The van der Waals surface area contributed by atoms with Gasteiger partial charge in [-0.15, -0.1) is 0 Å². The maximum Gasteiger partial charge on any atom is 0.357 e. The second kappa shape index (κ2) is 8.89. The fraction of sp³-hybridized carbons (Fsp3) is 0.448. The zero-order valence-electron chi connectivity index (χ0n) is 20.8. The Hall–Kier alpha value is -3.36. The number of benzene rings is 2. The van der Waals surface area contributed by atoms with Crippen molar-refractivity contribution in [3.63, 3.8) is 0 Å². The van der Waals surface area contributed by atoms with Gasteiger partial charge in [0.1, 0.15) is 5.76 Å². The average molecular weight is 506 g/mol. The number of rotatable bonds is 7. The summed E-state index contributed by atoms with van der Waals surface area (Å²) in [7, 11) is 1.59. The molecule has 0 saturated heterocycles. The Bertz CT molecular complexity index is 1270. The molecule has 2 bridgehead atoms. The SMILES string of the molecule is COc1ccc2c3c1O[C@H]1C(OC(=O)[C@H](OC(=O)CCN)c4ccccc4)=CC[C@@]4(O)[C@H](CCC[C@]314)C2. The van der Waals surface area contributed by atoms with Crippen LogP contribution < -0.4 is 15.2 Å². The van der Waals surface area contributed by atoms with Gasteiger partial charge >= 0.3 is 11.9 Å². The van der Waals surface area contributed by atoms with Crippen LogP contribution in [0.25, 0.3) is 0 Å². The molecule has 0 unspecified atom stereocenters. The standard InChI is InChI=1S/C29H31NO7/c1-34-20-10-9-18-16-19-8-5-13-28-23(18)25(20)37-26(28)21(11-14-29(19,28)33)35-27(32)24(36-22(31)12-15-30)17-6-3-2-4-7-17/h2-4,6-7,9-11,19,24,26,33H,5,8,12-16,30H2,1H3/t19-,24-,26+,28+,29-/m1/s1. The number of ether oxygens (including phenoxy) is 4. The number of hydrogen-bond acceptors (Lipinski definition) is 8. The maximum atomic E-state index is 13.5. The topological polar surface area (TPSA) is 117 Å². The summed E-state index contributed by atoms with van der Waals surface area (Å²) in [6.45, 7) is 0.112. The summed E-state index contributed by atoms with van der Waals surface area (Å²) in [6.07, 6.45) is 3.51. The lowest BCUT2D eigenvalue weighted by Crippen LogP contribution is -2.67. The summed E-state index contributed by atoms with van der Waals surface area (Å²) >= 11 is 0. The number of carbonyl (C=O) groups excluding carboxylic acids is 2. The Balaban J connectivity index is 1.38. The molecule has 3 aliphatic carbocycles. The van der Waals surface area contributed by atoms with Crippen molar-refractivity contribution in [1.82, 2.24) is 0 Å². The fourth-order valence-corrected chi connectivity index (χ4v) is 7.04. The summed E-state index contributed by atoms with van der Waals surface area (Å²) < 4.78 is 23.6. The van der Waals surface area contributed by atoms with Gasteiger partial charge in [-0.3, -0.25) is 4.79 Å². The normalized spacial score (nSPS) is 29.3. The van der Waals surface area contributed by atoms with Gasteiger partial charge in [-0.05, 0) is 49.3 Å². The minimum absolute atomic E-state index is 0.0134. The van der Waals surface area contributed by atoms with Gasteiger partial charge in [0.25, 0.3) is 0 Å². The van der Waals surface area contributed by atoms with Crippen molar-refractivity contribution >= 4 is 11.9 Å². The van der Waals surface area contributed by atoms with E-state index in [1.165, 1.54) is 0 Å². The van der Waals surface area contributed by atoms with Crippen molar-refractivity contribution < 1.29 is 33.6 Å². The predicted molar refractivity (Wildman–Crippen MR) is 133 cm³/mol. The summed E-state index contributed by atoms with van der Waals surface area (Å²) in [5.74, 6) is 0.318. The lowest BCUT2D eigenvalue weighted by atomic mass is 9.47. The van der Waals surface area contributed by atoms with Crippen molar-refractivity contribution in [3.8, 4) is 11.5 Å². The summed E-state index contributed by atoms with van der Waals surface area (Å²) in [6, 6.07) is 12.7. The van der Waals surface area contributed by atoms with Crippen molar-refractivity contribution in [3.05, 3.63) is 71.0 Å². The van der Waals surface area contributed by atoms with Gasteiger partial charge in [-0.2, -0.15) is 0 Å². The molecule has 1 heterocycles. The van der Waals surface area contributed by atoms with E-state index in [1.54, 1.807) is 37.5 Å². The molecule has 194 valence electrons. The van der Waals surface area contributed by atoms with E-state index in [0.717, 1.165) is 30.4 Å². The number of hydrogen-bond donors (Lipinski definition) is 2. The molecule has 8 heteroatoms. The average Bonchev–Trinajstić information content (AvgIpc) is 3.24. The van der Waals surface area contributed by atoms with Crippen molar-refractivity contribution in [1.29, 1.82) is 0 Å². The van der Waals surface area contributed by atoms with Crippen LogP contribution in [0.15, 0.2) is 54.3 Å². The van der Waals surface area contributed by atoms with E-state index in [0.29, 0.717) is 35.7 Å². The van der Waals surface area contributed by atoms with Crippen LogP contribution in [-0.4, -0.2) is 42.4 Å². The lowest BCUT2D eigenvalue weighted by Gasteiger charge is -2.59. The Morgan fingerprint density at radius 3 is 2.78 bits per heavy atom. The molecule has 6 rings (SSSR count). The highest BCUT2D eigenvalue weighted by Gasteiger charge is 2.71. The van der Waals surface area contributed by atoms with E-state index < -0.39 is 35.2 Å². The van der Waals surface area contributed by atoms with E-state index in [-0.39, 0.29) is 18.9 Å². The zero-order chi connectivity index (χ0) is 25.8. The van der Waals surface area contributed by atoms with Crippen LogP contribution in [0.5, 0.6) is 11.5 Å². The first-order valence-corrected chi connectivity index (χ1v) is 12.9. The quantitative estimate of drug-likeness (QED) is 0.551. The molecule has 5 atom stereocenters. The predicted octanol–water partition coefficient (Wildman–Crippen LogP) is 3.25. The molecule has 0 radical (unpaired) electrons. The highest BCUT2D eigenvalue weighted by Crippen LogP contribution is 2.67. The number of methoxy groups -OCH3 is 1.